The summed E-state index contributed by atoms with van der Waals surface area (Å²) in [6.45, 7) is 3.88. The van der Waals surface area contributed by atoms with Crippen molar-refractivity contribution in [2.45, 2.75) is 19.9 Å². The lowest BCUT2D eigenvalue weighted by Gasteiger charge is -2.07. The normalized spacial score (nSPS) is 10.6. The van der Waals surface area contributed by atoms with Gasteiger partial charge in [0, 0.05) is 6.04 Å². The minimum absolute atomic E-state index is 0.0150. The Morgan fingerprint density at radius 2 is 2.10 bits per heavy atom. The van der Waals surface area contributed by atoms with Crippen molar-refractivity contribution in [2.75, 3.05) is 6.61 Å². The van der Waals surface area contributed by atoms with Crippen LogP contribution in [0.15, 0.2) is 29.8 Å². The molecule has 0 heterocycles. The van der Waals surface area contributed by atoms with E-state index in [2.05, 4.69) is 11.2 Å². The molecule has 0 atom stereocenters. The van der Waals surface area contributed by atoms with E-state index < -0.39 is 0 Å². The van der Waals surface area contributed by atoms with E-state index in [1.54, 1.807) is 24.3 Å². The fraction of sp³-hybridized carbons (Fsp3) is 0.250. The quantitative estimate of drug-likeness (QED) is 0.505. The molecule has 0 aliphatic carbocycles. The Kier molecular flexibility index (Phi) is 5.87. The highest BCUT2D eigenvalue weighted by Gasteiger charge is 2.09. The number of nitrogens with zero attached hydrogens (tertiary/aromatic N) is 1. The first-order valence-corrected chi connectivity index (χ1v) is 6.15. The Balaban J connectivity index is 2.83. The molecule has 0 saturated heterocycles. The van der Waals surface area contributed by atoms with Crippen LogP contribution >= 0.6 is 0 Å². The maximum absolute atomic E-state index is 11.7. The van der Waals surface area contributed by atoms with Crippen LogP contribution in [0.25, 0.3) is 6.08 Å². The lowest BCUT2D eigenvalue weighted by atomic mass is 10.1. The summed E-state index contributed by atoms with van der Waals surface area (Å²) in [6, 6.07) is 8.86. The van der Waals surface area contributed by atoms with Gasteiger partial charge in [0.2, 0.25) is 0 Å². The third-order valence-electron chi connectivity index (χ3n) is 2.30. The van der Waals surface area contributed by atoms with Crippen LogP contribution in [0.3, 0.4) is 0 Å². The number of carbonyl (C=O) groups is 1. The van der Waals surface area contributed by atoms with Crippen molar-refractivity contribution in [3.8, 4) is 24.2 Å². The number of nitrogens with one attached hydrogen (secondary N) is 1. The van der Waals surface area contributed by atoms with Crippen molar-refractivity contribution in [2.24, 2.45) is 0 Å². The van der Waals surface area contributed by atoms with Gasteiger partial charge >= 0.3 is 0 Å². The molecule has 1 rings (SSSR count). The van der Waals surface area contributed by atoms with Crippen molar-refractivity contribution in [3.05, 3.63) is 35.4 Å². The largest absolute Gasteiger partial charge is 0.481 e. The van der Waals surface area contributed by atoms with Gasteiger partial charge in [-0.15, -0.1) is 6.42 Å². The Bertz CT molecular complexity index is 572. The highest BCUT2D eigenvalue weighted by atomic mass is 16.5. The molecule has 20 heavy (non-hydrogen) atoms. The summed E-state index contributed by atoms with van der Waals surface area (Å²) in [5.74, 6) is 2.64. The van der Waals surface area contributed by atoms with Crippen LogP contribution in [0.4, 0.5) is 0 Å². The standard InChI is InChI=1S/C16H16N2O2/c1-4-9-20-15-7-5-13(6-8-15)10-14(11-17)16(19)18-12(2)3/h1,5-8,10,12H,9H2,2-3H3,(H,18,19)/b14-10-. The van der Waals surface area contributed by atoms with Gasteiger partial charge in [-0.3, -0.25) is 4.79 Å². The minimum atomic E-state index is -0.379. The second kappa shape index (κ2) is 7.66. The lowest BCUT2D eigenvalue weighted by molar-refractivity contribution is -0.117. The molecule has 0 saturated carbocycles. The predicted octanol–water partition coefficient (Wildman–Crippen LogP) is 2.13. The minimum Gasteiger partial charge on any atom is -0.481 e. The molecule has 102 valence electrons. The van der Waals surface area contributed by atoms with Gasteiger partial charge < -0.3 is 10.1 Å². The molecule has 1 amide bonds. The van der Waals surface area contributed by atoms with Gasteiger partial charge in [-0.2, -0.15) is 5.26 Å². The zero-order chi connectivity index (χ0) is 15.0. The molecule has 1 aromatic carbocycles. The van der Waals surface area contributed by atoms with E-state index in [0.29, 0.717) is 5.75 Å². The fourth-order valence-corrected chi connectivity index (χ4v) is 1.44. The SMILES string of the molecule is C#CCOc1ccc(/C=C(/C#N)C(=O)NC(C)C)cc1. The van der Waals surface area contributed by atoms with Gasteiger partial charge in [0.05, 0.1) is 0 Å². The van der Waals surface area contributed by atoms with Gasteiger partial charge in [0.25, 0.3) is 5.91 Å². The first-order chi connectivity index (χ1) is 9.56. The van der Waals surface area contributed by atoms with Gasteiger partial charge in [-0.1, -0.05) is 18.1 Å². The van der Waals surface area contributed by atoms with Gasteiger partial charge in [0.15, 0.2) is 0 Å². The number of nitriles is 1. The Labute approximate surface area is 119 Å². The van der Waals surface area contributed by atoms with Crippen molar-refractivity contribution in [3.63, 3.8) is 0 Å². The zero-order valence-corrected chi connectivity index (χ0v) is 11.5. The maximum atomic E-state index is 11.7. The molecular formula is C16H16N2O2. The van der Waals surface area contributed by atoms with Crippen LogP contribution in [0.2, 0.25) is 0 Å². The van der Waals surface area contributed by atoms with Gasteiger partial charge in [0.1, 0.15) is 24.0 Å². The fourth-order valence-electron chi connectivity index (χ4n) is 1.44. The maximum Gasteiger partial charge on any atom is 0.262 e. The van der Waals surface area contributed by atoms with Gasteiger partial charge in [-0.05, 0) is 37.6 Å². The van der Waals surface area contributed by atoms with Crippen molar-refractivity contribution in [1.29, 1.82) is 5.26 Å². The lowest BCUT2D eigenvalue weighted by Crippen LogP contribution is -2.30. The molecule has 0 bridgehead atoms. The number of hydrogen-bond acceptors (Lipinski definition) is 3. The third-order valence-corrected chi connectivity index (χ3v) is 2.30. The Hall–Kier alpha value is -2.72. The highest BCUT2D eigenvalue weighted by molar-refractivity contribution is 6.01. The molecule has 4 heteroatoms. The van der Waals surface area contributed by atoms with Crippen molar-refractivity contribution < 1.29 is 9.53 Å². The topological polar surface area (TPSA) is 62.1 Å². The molecule has 0 aliphatic rings. The number of hydrogen-bond donors (Lipinski definition) is 1. The third kappa shape index (κ3) is 4.88. The average molecular weight is 268 g/mol. The average Bonchev–Trinajstić information content (AvgIpc) is 2.42. The molecule has 0 unspecified atom stereocenters. The van der Waals surface area contributed by atoms with Crippen LogP contribution in [0.1, 0.15) is 19.4 Å². The summed E-state index contributed by atoms with van der Waals surface area (Å²) < 4.78 is 5.24. The van der Waals surface area contributed by atoms with Crippen LogP contribution < -0.4 is 10.1 Å². The monoisotopic (exact) mass is 268 g/mol. The molecule has 0 aliphatic heterocycles. The highest BCUT2D eigenvalue weighted by Crippen LogP contribution is 2.14. The summed E-state index contributed by atoms with van der Waals surface area (Å²) in [5, 5.41) is 11.7. The van der Waals surface area contributed by atoms with E-state index in [4.69, 9.17) is 16.4 Å². The first kappa shape index (κ1) is 15.3. The van der Waals surface area contributed by atoms with Gasteiger partial charge in [-0.25, -0.2) is 0 Å². The first-order valence-electron chi connectivity index (χ1n) is 6.15. The molecule has 4 nitrogen and oxygen atoms in total. The number of amides is 1. The van der Waals surface area contributed by atoms with Crippen LogP contribution in [0.5, 0.6) is 5.75 Å². The molecule has 0 spiro atoms. The summed E-state index contributed by atoms with van der Waals surface area (Å²) in [6.07, 6.45) is 6.63. The smallest absolute Gasteiger partial charge is 0.262 e. The molecule has 1 aromatic rings. The number of rotatable bonds is 5. The van der Waals surface area contributed by atoms with Crippen molar-refractivity contribution in [1.82, 2.24) is 5.32 Å². The number of benzene rings is 1. The number of ether oxygens (including phenoxy) is 1. The van der Waals surface area contributed by atoms with Crippen LogP contribution in [0, 0.1) is 23.7 Å². The molecular weight excluding hydrogens is 252 g/mol. The van der Waals surface area contributed by atoms with E-state index in [1.807, 2.05) is 19.9 Å². The molecule has 1 N–H and O–H groups in total. The second-order valence-electron chi connectivity index (χ2n) is 4.36. The Morgan fingerprint density at radius 3 is 2.60 bits per heavy atom. The predicted molar refractivity (Wildman–Crippen MR) is 77.6 cm³/mol. The van der Waals surface area contributed by atoms with Crippen molar-refractivity contribution >= 4 is 12.0 Å². The van der Waals surface area contributed by atoms with E-state index in [0.717, 1.165) is 5.56 Å². The Morgan fingerprint density at radius 1 is 1.45 bits per heavy atom. The van der Waals surface area contributed by atoms with Crippen LogP contribution in [-0.2, 0) is 4.79 Å². The summed E-state index contributed by atoms with van der Waals surface area (Å²) >= 11 is 0. The summed E-state index contributed by atoms with van der Waals surface area (Å²) in [5.41, 5.74) is 0.810. The second-order valence-corrected chi connectivity index (χ2v) is 4.36. The number of carbonyl (C=O) groups excluding carboxylic acids is 1. The molecule has 0 radical (unpaired) electrons. The van der Waals surface area contributed by atoms with Crippen LogP contribution in [-0.4, -0.2) is 18.6 Å². The molecule has 0 fully saturated rings. The van der Waals surface area contributed by atoms with E-state index in [1.165, 1.54) is 6.08 Å². The van der Waals surface area contributed by atoms with E-state index in [9.17, 15) is 4.79 Å². The summed E-state index contributed by atoms with van der Waals surface area (Å²) in [7, 11) is 0. The molecule has 0 aromatic heterocycles. The van der Waals surface area contributed by atoms with E-state index >= 15 is 0 Å². The zero-order valence-electron chi connectivity index (χ0n) is 11.5. The van der Waals surface area contributed by atoms with E-state index in [-0.39, 0.29) is 24.1 Å². The summed E-state index contributed by atoms with van der Waals surface area (Å²) in [4.78, 5) is 11.7. The number of terminal acetylenes is 1.